The van der Waals surface area contributed by atoms with Crippen LogP contribution in [0.4, 0.5) is 4.79 Å². The summed E-state index contributed by atoms with van der Waals surface area (Å²) in [4.78, 5) is 42.1. The Hall–Kier alpha value is -2.57. The van der Waals surface area contributed by atoms with Gasteiger partial charge in [0.05, 0.1) is 0 Å². The van der Waals surface area contributed by atoms with Crippen LogP contribution in [0.1, 0.15) is 104 Å². The number of unbranched alkanes of at least 4 members (excludes halogenated alkanes) is 2. The van der Waals surface area contributed by atoms with Crippen LogP contribution in [0.2, 0.25) is 0 Å². The van der Waals surface area contributed by atoms with E-state index in [0.29, 0.717) is 6.54 Å². The second-order valence-electron chi connectivity index (χ2n) is 12.2. The first kappa shape index (κ1) is 31.5. The predicted molar refractivity (Wildman–Crippen MR) is 146 cm³/mol. The first-order chi connectivity index (χ1) is 16.4. The first-order valence-electron chi connectivity index (χ1n) is 13.2. The molecule has 0 radical (unpaired) electrons. The van der Waals surface area contributed by atoms with Gasteiger partial charge in [-0.25, -0.2) is 4.79 Å². The second-order valence-corrected chi connectivity index (χ2v) is 12.2. The fourth-order valence-electron chi connectivity index (χ4n) is 4.10. The van der Waals surface area contributed by atoms with Crippen molar-refractivity contribution in [1.82, 2.24) is 15.5 Å². The number of hydrogen-bond donors (Lipinski definition) is 2. The summed E-state index contributed by atoms with van der Waals surface area (Å²) in [6, 6.07) is 4.32. The molecule has 204 valence electrons. The van der Waals surface area contributed by atoms with Gasteiger partial charge in [0.1, 0.15) is 17.7 Å². The maximum atomic E-state index is 14.1. The lowest BCUT2D eigenvalue weighted by molar-refractivity contribution is -0.144. The number of benzene rings is 1. The molecule has 2 atom stereocenters. The van der Waals surface area contributed by atoms with Gasteiger partial charge in [0.25, 0.3) is 0 Å². The molecule has 0 aliphatic heterocycles. The summed E-state index contributed by atoms with van der Waals surface area (Å²) in [5.41, 5.74) is 1.64. The first-order valence-corrected chi connectivity index (χ1v) is 13.2. The molecular formula is C29H49N3O4. The van der Waals surface area contributed by atoms with Gasteiger partial charge in [-0.1, -0.05) is 62.9 Å². The number of aryl methyl sites for hydroxylation is 2. The topological polar surface area (TPSA) is 87.7 Å². The van der Waals surface area contributed by atoms with Crippen molar-refractivity contribution in [2.24, 2.45) is 5.92 Å². The summed E-state index contributed by atoms with van der Waals surface area (Å²) < 4.78 is 5.44. The van der Waals surface area contributed by atoms with Gasteiger partial charge in [-0.3, -0.25) is 9.59 Å². The molecule has 0 aliphatic carbocycles. The number of amides is 3. The standard InChI is InChI=1S/C29H49N3O4/c1-12-13-14-15-32(26(34)23(19(2)3)30-27(35)36-29(9,10)11)24(25(33)31-28(6,7)8)22-17-20(4)16-21(5)18-22/h16-19,23-24H,12-15H2,1-11H3,(H,30,35)(H,31,33). The molecule has 7 heteroatoms. The molecule has 1 aromatic carbocycles. The number of alkyl carbamates (subject to hydrolysis) is 1. The third-order valence-electron chi connectivity index (χ3n) is 5.51. The van der Waals surface area contributed by atoms with Gasteiger partial charge in [0.2, 0.25) is 11.8 Å². The molecule has 3 amide bonds. The van der Waals surface area contributed by atoms with Crippen LogP contribution in [0.3, 0.4) is 0 Å². The molecule has 2 unspecified atom stereocenters. The molecule has 2 N–H and O–H groups in total. The highest BCUT2D eigenvalue weighted by molar-refractivity contribution is 5.92. The lowest BCUT2D eigenvalue weighted by atomic mass is 9.95. The highest BCUT2D eigenvalue weighted by Gasteiger charge is 2.38. The molecule has 0 saturated heterocycles. The van der Waals surface area contributed by atoms with Crippen molar-refractivity contribution in [2.45, 2.75) is 119 Å². The maximum absolute atomic E-state index is 14.1. The van der Waals surface area contributed by atoms with Gasteiger partial charge < -0.3 is 20.3 Å². The minimum Gasteiger partial charge on any atom is -0.444 e. The molecule has 1 rings (SSSR count). The third kappa shape index (κ3) is 10.6. The van der Waals surface area contributed by atoms with Gasteiger partial charge >= 0.3 is 6.09 Å². The number of hydrogen-bond acceptors (Lipinski definition) is 4. The van der Waals surface area contributed by atoms with Crippen LogP contribution in [-0.4, -0.2) is 46.5 Å². The average Bonchev–Trinajstić information content (AvgIpc) is 2.67. The van der Waals surface area contributed by atoms with Gasteiger partial charge in [0, 0.05) is 12.1 Å². The molecule has 0 saturated carbocycles. The maximum Gasteiger partial charge on any atom is 0.408 e. The van der Waals surface area contributed by atoms with E-state index in [-0.39, 0.29) is 17.7 Å². The van der Waals surface area contributed by atoms with Crippen molar-refractivity contribution < 1.29 is 19.1 Å². The lowest BCUT2D eigenvalue weighted by Crippen LogP contribution is -2.56. The zero-order chi connectivity index (χ0) is 27.8. The Morgan fingerprint density at radius 1 is 0.944 bits per heavy atom. The summed E-state index contributed by atoms with van der Waals surface area (Å²) in [7, 11) is 0. The zero-order valence-corrected chi connectivity index (χ0v) is 24.4. The monoisotopic (exact) mass is 503 g/mol. The summed E-state index contributed by atoms with van der Waals surface area (Å²) in [5.74, 6) is -0.735. The molecule has 0 aromatic heterocycles. The summed E-state index contributed by atoms with van der Waals surface area (Å²) in [6.07, 6.45) is 2.01. The van der Waals surface area contributed by atoms with Crippen LogP contribution in [0, 0.1) is 19.8 Å². The van der Waals surface area contributed by atoms with Crippen LogP contribution in [-0.2, 0) is 14.3 Å². The highest BCUT2D eigenvalue weighted by atomic mass is 16.6. The van der Waals surface area contributed by atoms with Crippen LogP contribution >= 0.6 is 0 Å². The lowest BCUT2D eigenvalue weighted by Gasteiger charge is -2.37. The molecule has 0 aliphatic rings. The Kier molecular flexibility index (Phi) is 11.5. The summed E-state index contributed by atoms with van der Waals surface area (Å²) in [5, 5.41) is 5.85. The van der Waals surface area contributed by atoms with Gasteiger partial charge in [0.15, 0.2) is 0 Å². The highest BCUT2D eigenvalue weighted by Crippen LogP contribution is 2.27. The van der Waals surface area contributed by atoms with Crippen molar-refractivity contribution in [1.29, 1.82) is 0 Å². The van der Waals surface area contributed by atoms with Crippen molar-refractivity contribution in [2.75, 3.05) is 6.54 Å². The largest absolute Gasteiger partial charge is 0.444 e. The fraction of sp³-hybridized carbons (Fsp3) is 0.690. The molecule has 0 fully saturated rings. The minimum absolute atomic E-state index is 0.204. The summed E-state index contributed by atoms with van der Waals surface area (Å²) in [6.45, 7) is 21.3. The van der Waals surface area contributed by atoms with Gasteiger partial charge in [-0.15, -0.1) is 0 Å². The Labute approximate surface area is 218 Å². The van der Waals surface area contributed by atoms with E-state index >= 15 is 0 Å². The van der Waals surface area contributed by atoms with Crippen molar-refractivity contribution >= 4 is 17.9 Å². The normalized spacial score (nSPS) is 13.7. The minimum atomic E-state index is -0.836. The van der Waals surface area contributed by atoms with E-state index in [1.165, 1.54) is 0 Å². The van der Waals surface area contributed by atoms with Crippen LogP contribution in [0.25, 0.3) is 0 Å². The molecule has 1 aromatic rings. The van der Waals surface area contributed by atoms with Gasteiger partial charge in [-0.05, 0) is 73.3 Å². The Morgan fingerprint density at radius 2 is 1.50 bits per heavy atom. The van der Waals surface area contributed by atoms with Crippen molar-refractivity contribution in [3.05, 3.63) is 34.9 Å². The van der Waals surface area contributed by atoms with Crippen molar-refractivity contribution in [3.8, 4) is 0 Å². The number of ether oxygens (including phenoxy) is 1. The van der Waals surface area contributed by atoms with E-state index in [1.807, 2.05) is 66.7 Å². The predicted octanol–water partition coefficient (Wildman–Crippen LogP) is 5.83. The molecular weight excluding hydrogens is 454 g/mol. The van der Waals surface area contributed by atoms with E-state index in [2.05, 4.69) is 17.6 Å². The van der Waals surface area contributed by atoms with E-state index < -0.39 is 29.3 Å². The Balaban J connectivity index is 3.56. The smallest absolute Gasteiger partial charge is 0.408 e. The number of nitrogens with zero attached hydrogens (tertiary/aromatic N) is 1. The van der Waals surface area contributed by atoms with Crippen LogP contribution in [0.15, 0.2) is 18.2 Å². The SMILES string of the molecule is CCCCCN(C(=O)C(NC(=O)OC(C)(C)C)C(C)C)C(C(=O)NC(C)(C)C)c1cc(C)cc(C)c1. The number of nitrogens with one attached hydrogen (secondary N) is 2. The summed E-state index contributed by atoms with van der Waals surface area (Å²) >= 11 is 0. The molecule has 36 heavy (non-hydrogen) atoms. The van der Waals surface area contributed by atoms with E-state index in [4.69, 9.17) is 4.74 Å². The number of rotatable bonds is 10. The van der Waals surface area contributed by atoms with E-state index in [9.17, 15) is 14.4 Å². The molecule has 0 bridgehead atoms. The van der Waals surface area contributed by atoms with Crippen LogP contribution < -0.4 is 10.6 Å². The number of carbonyl (C=O) groups is 3. The van der Waals surface area contributed by atoms with Gasteiger partial charge in [-0.2, -0.15) is 0 Å². The molecule has 7 nitrogen and oxygen atoms in total. The average molecular weight is 504 g/mol. The second kappa shape index (κ2) is 13.1. The Bertz CT molecular complexity index is 877. The molecule has 0 spiro atoms. The van der Waals surface area contributed by atoms with E-state index in [0.717, 1.165) is 36.0 Å². The van der Waals surface area contributed by atoms with Crippen LogP contribution in [0.5, 0.6) is 0 Å². The Morgan fingerprint density at radius 3 is 1.94 bits per heavy atom. The number of carbonyl (C=O) groups excluding carboxylic acids is 3. The van der Waals surface area contributed by atoms with E-state index in [1.54, 1.807) is 25.7 Å². The third-order valence-corrected chi connectivity index (χ3v) is 5.51. The fourth-order valence-corrected chi connectivity index (χ4v) is 4.10. The zero-order valence-electron chi connectivity index (χ0n) is 24.4. The molecule has 0 heterocycles. The van der Waals surface area contributed by atoms with Crippen molar-refractivity contribution in [3.63, 3.8) is 0 Å². The quantitative estimate of drug-likeness (QED) is 0.393.